The molecule has 10 nitrogen and oxygen atoms in total. The number of nitro groups is 1. The van der Waals surface area contributed by atoms with Crippen LogP contribution in [0.5, 0.6) is 5.75 Å². The van der Waals surface area contributed by atoms with Gasteiger partial charge in [0.2, 0.25) is 0 Å². The molecule has 0 bridgehead atoms. The van der Waals surface area contributed by atoms with Crippen molar-refractivity contribution < 1.29 is 18.1 Å². The number of nitrogens with one attached hydrogen (secondary N) is 2. The molecular weight excluding hydrogens is 530 g/mol. The maximum atomic E-state index is 13.3. The molecule has 4 rings (SSSR count). The van der Waals surface area contributed by atoms with Gasteiger partial charge in [0.15, 0.2) is 0 Å². The van der Waals surface area contributed by atoms with Crippen molar-refractivity contribution in [1.29, 1.82) is 0 Å². The number of rotatable bonds is 12. The summed E-state index contributed by atoms with van der Waals surface area (Å²) < 4.78 is 34.2. The number of hydrogen-bond donors (Lipinski definition) is 2. The third kappa shape index (κ3) is 6.94. The molecule has 0 saturated carbocycles. The average Bonchev–Trinajstić information content (AvgIpc) is 2.97. The summed E-state index contributed by atoms with van der Waals surface area (Å²) in [4.78, 5) is 12.6. The van der Waals surface area contributed by atoms with Crippen LogP contribution in [0, 0.1) is 10.1 Å². The molecule has 40 heavy (non-hydrogen) atoms. The molecule has 0 unspecified atom stereocenters. The van der Waals surface area contributed by atoms with Crippen LogP contribution in [0.2, 0.25) is 0 Å². The number of hydrogen-bond acceptors (Lipinski definition) is 8. The van der Waals surface area contributed by atoms with E-state index in [0.29, 0.717) is 5.75 Å². The van der Waals surface area contributed by atoms with E-state index in [1.54, 1.807) is 24.4 Å². The highest BCUT2D eigenvalue weighted by Crippen LogP contribution is 2.31. The van der Waals surface area contributed by atoms with Crippen LogP contribution in [-0.4, -0.2) is 33.2 Å². The van der Waals surface area contributed by atoms with Crippen molar-refractivity contribution in [3.05, 3.63) is 118 Å². The van der Waals surface area contributed by atoms with E-state index in [1.165, 1.54) is 30.9 Å². The average molecular weight is 560 g/mol. The first-order chi connectivity index (χ1) is 19.3. The summed E-state index contributed by atoms with van der Waals surface area (Å²) in [7, 11) is -2.83. The fourth-order valence-electron chi connectivity index (χ4n) is 4.01. The highest BCUT2D eigenvalue weighted by molar-refractivity contribution is 7.93. The standard InChI is InChI=1S/C29H29N5O5S/c1-3-33(21-23-9-5-4-6-10-23)24-15-13-22(14-16-24)20-30-31-27-18-17-25(34(35)36)19-29(27)40(37,38)32-26-11-7-8-12-28(26)39-2/h4-20,31-32H,3,21H2,1-2H3/b30-20+. The van der Waals surface area contributed by atoms with Gasteiger partial charge in [-0.15, -0.1) is 0 Å². The van der Waals surface area contributed by atoms with Gasteiger partial charge < -0.3 is 9.64 Å². The van der Waals surface area contributed by atoms with E-state index in [2.05, 4.69) is 39.2 Å². The van der Waals surface area contributed by atoms with Crippen molar-refractivity contribution in [2.75, 3.05) is 28.7 Å². The van der Waals surface area contributed by atoms with E-state index in [9.17, 15) is 18.5 Å². The molecule has 0 heterocycles. The first kappa shape index (κ1) is 28.1. The van der Waals surface area contributed by atoms with Crippen molar-refractivity contribution in [1.82, 2.24) is 0 Å². The lowest BCUT2D eigenvalue weighted by Gasteiger charge is -2.23. The highest BCUT2D eigenvalue weighted by Gasteiger charge is 2.23. The van der Waals surface area contributed by atoms with Crippen LogP contribution >= 0.6 is 0 Å². The monoisotopic (exact) mass is 559 g/mol. The quantitative estimate of drug-likeness (QED) is 0.126. The van der Waals surface area contributed by atoms with Crippen molar-refractivity contribution in [2.45, 2.75) is 18.4 Å². The number of methoxy groups -OCH3 is 1. The third-order valence-electron chi connectivity index (χ3n) is 6.07. The Hall–Kier alpha value is -4.90. The molecule has 0 atom stereocenters. The highest BCUT2D eigenvalue weighted by atomic mass is 32.2. The van der Waals surface area contributed by atoms with Gasteiger partial charge in [-0.3, -0.25) is 20.3 Å². The first-order valence-corrected chi connectivity index (χ1v) is 13.9. The predicted octanol–water partition coefficient (Wildman–Crippen LogP) is 5.88. The van der Waals surface area contributed by atoms with Gasteiger partial charge in [0.05, 0.1) is 29.6 Å². The Morgan fingerprint density at radius 3 is 2.33 bits per heavy atom. The zero-order chi connectivity index (χ0) is 28.5. The number of hydrazone groups is 1. The summed E-state index contributed by atoms with van der Waals surface area (Å²) in [5, 5.41) is 15.6. The van der Waals surface area contributed by atoms with E-state index in [-0.39, 0.29) is 22.0 Å². The Labute approximate surface area is 233 Å². The van der Waals surface area contributed by atoms with Crippen LogP contribution in [0.15, 0.2) is 107 Å². The molecule has 0 aromatic heterocycles. The van der Waals surface area contributed by atoms with Gasteiger partial charge in [0.25, 0.3) is 15.7 Å². The Morgan fingerprint density at radius 1 is 0.950 bits per heavy atom. The molecule has 0 saturated heterocycles. The summed E-state index contributed by atoms with van der Waals surface area (Å²) in [6.07, 6.45) is 1.54. The molecule has 0 aliphatic rings. The Bertz CT molecular complexity index is 1590. The summed E-state index contributed by atoms with van der Waals surface area (Å²) in [5.74, 6) is 0.304. The lowest BCUT2D eigenvalue weighted by atomic mass is 10.1. The van der Waals surface area contributed by atoms with Crippen LogP contribution in [0.1, 0.15) is 18.1 Å². The lowest BCUT2D eigenvalue weighted by molar-refractivity contribution is -0.385. The zero-order valence-electron chi connectivity index (χ0n) is 22.0. The van der Waals surface area contributed by atoms with Crippen LogP contribution in [-0.2, 0) is 16.6 Å². The normalized spacial score (nSPS) is 11.2. The van der Waals surface area contributed by atoms with Crippen molar-refractivity contribution in [3.8, 4) is 5.75 Å². The van der Waals surface area contributed by atoms with E-state index in [4.69, 9.17) is 4.74 Å². The van der Waals surface area contributed by atoms with Crippen molar-refractivity contribution in [3.63, 3.8) is 0 Å². The Morgan fingerprint density at radius 2 is 1.65 bits per heavy atom. The number of nitro benzene ring substituents is 1. The number of anilines is 3. The molecule has 2 N–H and O–H groups in total. The Kier molecular flexibility index (Phi) is 8.97. The van der Waals surface area contributed by atoms with Gasteiger partial charge in [-0.1, -0.05) is 54.6 Å². The molecule has 0 aliphatic carbocycles. The third-order valence-corrected chi connectivity index (χ3v) is 7.48. The number of para-hydroxylation sites is 2. The van der Waals surface area contributed by atoms with E-state index in [0.717, 1.165) is 30.4 Å². The second-order valence-corrected chi connectivity index (χ2v) is 10.4. The fraction of sp³-hybridized carbons (Fsp3) is 0.138. The molecule has 11 heteroatoms. The molecule has 0 spiro atoms. The first-order valence-electron chi connectivity index (χ1n) is 12.4. The smallest absolute Gasteiger partial charge is 0.270 e. The fourth-order valence-corrected chi connectivity index (χ4v) is 5.25. The Balaban J connectivity index is 1.53. The molecular formula is C29H29N5O5S. The largest absolute Gasteiger partial charge is 0.495 e. The summed E-state index contributed by atoms with van der Waals surface area (Å²) in [6.45, 7) is 3.72. The van der Waals surface area contributed by atoms with Crippen molar-refractivity contribution in [2.24, 2.45) is 5.10 Å². The zero-order valence-corrected chi connectivity index (χ0v) is 22.8. The van der Waals surface area contributed by atoms with Gasteiger partial charge in [0, 0.05) is 30.9 Å². The minimum absolute atomic E-state index is 0.0703. The van der Waals surface area contributed by atoms with Crippen LogP contribution < -0.4 is 19.8 Å². The molecule has 4 aromatic carbocycles. The van der Waals surface area contributed by atoms with E-state index in [1.807, 2.05) is 42.5 Å². The van der Waals surface area contributed by atoms with Crippen molar-refractivity contribution >= 4 is 39.0 Å². The van der Waals surface area contributed by atoms with Crippen LogP contribution in [0.4, 0.5) is 22.7 Å². The minimum Gasteiger partial charge on any atom is -0.495 e. The van der Waals surface area contributed by atoms with Gasteiger partial charge in [-0.25, -0.2) is 8.42 Å². The maximum Gasteiger partial charge on any atom is 0.270 e. The second-order valence-electron chi connectivity index (χ2n) is 8.70. The molecule has 0 radical (unpaired) electrons. The van der Waals surface area contributed by atoms with Gasteiger partial charge in [0.1, 0.15) is 10.6 Å². The molecule has 4 aromatic rings. The maximum absolute atomic E-state index is 13.3. The minimum atomic E-state index is -4.25. The summed E-state index contributed by atoms with van der Waals surface area (Å²) in [6, 6.07) is 28.0. The van der Waals surface area contributed by atoms with Crippen LogP contribution in [0.25, 0.3) is 0 Å². The second kappa shape index (κ2) is 12.8. The lowest BCUT2D eigenvalue weighted by Crippen LogP contribution is -2.21. The number of sulfonamides is 1. The van der Waals surface area contributed by atoms with E-state index >= 15 is 0 Å². The molecule has 206 valence electrons. The molecule has 0 fully saturated rings. The van der Waals surface area contributed by atoms with E-state index < -0.39 is 14.9 Å². The van der Waals surface area contributed by atoms with Gasteiger partial charge in [-0.05, 0) is 48.4 Å². The van der Waals surface area contributed by atoms with Crippen LogP contribution in [0.3, 0.4) is 0 Å². The number of benzene rings is 4. The summed E-state index contributed by atoms with van der Waals surface area (Å²) in [5.41, 5.74) is 5.66. The molecule has 0 aliphatic heterocycles. The SMILES string of the molecule is CCN(Cc1ccccc1)c1ccc(/C=N/Nc2ccc([N+](=O)[O-])cc2S(=O)(=O)Nc2ccccc2OC)cc1. The molecule has 0 amide bonds. The number of ether oxygens (including phenoxy) is 1. The number of nitrogens with zero attached hydrogens (tertiary/aromatic N) is 3. The predicted molar refractivity (Wildman–Crippen MR) is 158 cm³/mol. The number of non-ortho nitro benzene ring substituents is 1. The van der Waals surface area contributed by atoms with Gasteiger partial charge >= 0.3 is 0 Å². The van der Waals surface area contributed by atoms with Gasteiger partial charge in [-0.2, -0.15) is 5.10 Å². The summed E-state index contributed by atoms with van der Waals surface area (Å²) >= 11 is 0. The topological polar surface area (TPSA) is 126 Å².